The molecule has 0 spiro atoms. The Bertz CT molecular complexity index is 808. The van der Waals surface area contributed by atoms with E-state index in [1.165, 1.54) is 24.3 Å². The number of hydrogen-bond donors (Lipinski definition) is 3. The highest BCUT2D eigenvalue weighted by Crippen LogP contribution is 2.23. The quantitative estimate of drug-likeness (QED) is 0.641. The summed E-state index contributed by atoms with van der Waals surface area (Å²) in [6.45, 7) is 0.613. The molecular weight excluding hydrogens is 375 g/mol. The van der Waals surface area contributed by atoms with Crippen LogP contribution in [-0.4, -0.2) is 31.3 Å². The third kappa shape index (κ3) is 6.92. The fourth-order valence-corrected chi connectivity index (χ4v) is 2.40. The number of halogens is 3. The summed E-state index contributed by atoms with van der Waals surface area (Å²) in [6.07, 6.45) is -4.33. The van der Waals surface area contributed by atoms with Gasteiger partial charge in [0, 0.05) is 19.5 Å². The Morgan fingerprint density at radius 2 is 1.71 bits per heavy atom. The Labute approximate surface area is 159 Å². The van der Waals surface area contributed by atoms with Gasteiger partial charge >= 0.3 is 6.36 Å². The molecule has 9 heteroatoms. The molecule has 150 valence electrons. The van der Waals surface area contributed by atoms with E-state index in [1.54, 1.807) is 24.3 Å². The van der Waals surface area contributed by atoms with Crippen molar-refractivity contribution < 1.29 is 27.5 Å². The summed E-state index contributed by atoms with van der Waals surface area (Å²) in [5.41, 5.74) is 6.73. The summed E-state index contributed by atoms with van der Waals surface area (Å²) in [6, 6.07) is 11.9. The molecule has 2 aromatic carbocycles. The van der Waals surface area contributed by atoms with E-state index in [0.29, 0.717) is 36.3 Å². The van der Waals surface area contributed by atoms with Crippen molar-refractivity contribution in [2.75, 3.05) is 18.4 Å². The Balaban J connectivity index is 1.92. The number of anilines is 1. The zero-order valence-corrected chi connectivity index (χ0v) is 14.9. The Morgan fingerprint density at radius 1 is 1.04 bits per heavy atom. The number of alkyl halides is 3. The van der Waals surface area contributed by atoms with Gasteiger partial charge in [-0.1, -0.05) is 24.3 Å². The van der Waals surface area contributed by atoms with E-state index >= 15 is 0 Å². The van der Waals surface area contributed by atoms with E-state index in [9.17, 15) is 22.8 Å². The van der Waals surface area contributed by atoms with Gasteiger partial charge < -0.3 is 21.1 Å². The van der Waals surface area contributed by atoms with Gasteiger partial charge in [0.25, 0.3) is 5.91 Å². The maximum atomic E-state index is 12.2. The van der Waals surface area contributed by atoms with Gasteiger partial charge in [0.15, 0.2) is 0 Å². The molecular formula is C19H20F3N3O3. The van der Waals surface area contributed by atoms with Crippen LogP contribution >= 0.6 is 0 Å². The van der Waals surface area contributed by atoms with Gasteiger partial charge in [-0.05, 0) is 36.2 Å². The lowest BCUT2D eigenvalue weighted by atomic mass is 10.1. The fraction of sp³-hybridized carbons (Fsp3) is 0.263. The van der Waals surface area contributed by atoms with Crippen molar-refractivity contribution in [3.63, 3.8) is 0 Å². The summed E-state index contributed by atoms with van der Waals surface area (Å²) in [5, 5.41) is 5.31. The highest BCUT2D eigenvalue weighted by Gasteiger charge is 2.30. The minimum Gasteiger partial charge on any atom is -0.406 e. The first-order chi connectivity index (χ1) is 13.3. The Morgan fingerprint density at radius 3 is 2.36 bits per heavy atom. The number of carbonyl (C=O) groups excluding carboxylic acids is 2. The second-order valence-electron chi connectivity index (χ2n) is 5.83. The number of rotatable bonds is 8. The third-order valence-electron chi connectivity index (χ3n) is 3.67. The molecule has 0 aliphatic heterocycles. The van der Waals surface area contributed by atoms with Crippen LogP contribution in [0.3, 0.4) is 0 Å². The minimum atomic E-state index is -4.74. The number of carbonyl (C=O) groups is 2. The number of ether oxygens (including phenoxy) is 1. The largest absolute Gasteiger partial charge is 0.573 e. The summed E-state index contributed by atoms with van der Waals surface area (Å²) < 4.78 is 40.3. The van der Waals surface area contributed by atoms with Crippen molar-refractivity contribution in [3.05, 3.63) is 59.7 Å². The first kappa shape index (κ1) is 21.2. The molecule has 0 saturated heterocycles. The minimum absolute atomic E-state index is 0.0955. The maximum Gasteiger partial charge on any atom is 0.573 e. The molecule has 4 N–H and O–H groups in total. The van der Waals surface area contributed by atoms with E-state index in [0.717, 1.165) is 0 Å². The SMILES string of the molecule is NCCNC(=O)c1ccccc1NC(=O)CCc1ccc(OC(F)(F)F)cc1. The molecule has 0 fully saturated rings. The average molecular weight is 395 g/mol. The van der Waals surface area contributed by atoms with Crippen molar-refractivity contribution in [1.29, 1.82) is 0 Å². The van der Waals surface area contributed by atoms with Gasteiger partial charge in [-0.2, -0.15) is 0 Å². The van der Waals surface area contributed by atoms with E-state index in [4.69, 9.17) is 5.73 Å². The average Bonchev–Trinajstić information content (AvgIpc) is 2.65. The maximum absolute atomic E-state index is 12.2. The number of benzene rings is 2. The van der Waals surface area contributed by atoms with E-state index in [-0.39, 0.29) is 24.0 Å². The van der Waals surface area contributed by atoms with Crippen molar-refractivity contribution in [2.45, 2.75) is 19.2 Å². The van der Waals surface area contributed by atoms with Gasteiger partial charge in [0.05, 0.1) is 11.3 Å². The molecule has 0 atom stereocenters. The van der Waals surface area contributed by atoms with Crippen LogP contribution in [0.2, 0.25) is 0 Å². The van der Waals surface area contributed by atoms with Crippen molar-refractivity contribution in [3.8, 4) is 5.75 Å². The molecule has 0 aliphatic rings. The normalized spacial score (nSPS) is 11.0. The predicted molar refractivity (Wildman–Crippen MR) is 97.9 cm³/mol. The zero-order valence-electron chi connectivity index (χ0n) is 14.9. The van der Waals surface area contributed by atoms with Crippen molar-refractivity contribution in [1.82, 2.24) is 5.32 Å². The number of nitrogens with two attached hydrogens (primary N) is 1. The lowest BCUT2D eigenvalue weighted by molar-refractivity contribution is -0.274. The van der Waals surface area contributed by atoms with Crippen LogP contribution in [-0.2, 0) is 11.2 Å². The van der Waals surface area contributed by atoms with Crippen LogP contribution in [0.25, 0.3) is 0 Å². The Hall–Kier alpha value is -3.07. The molecule has 0 heterocycles. The molecule has 0 aliphatic carbocycles. The van der Waals surface area contributed by atoms with E-state index in [2.05, 4.69) is 15.4 Å². The number of nitrogens with one attached hydrogen (secondary N) is 2. The number of aryl methyl sites for hydroxylation is 1. The highest BCUT2D eigenvalue weighted by atomic mass is 19.4. The predicted octanol–water partition coefficient (Wildman–Crippen LogP) is 2.85. The molecule has 6 nitrogen and oxygen atoms in total. The van der Waals surface area contributed by atoms with Crippen molar-refractivity contribution >= 4 is 17.5 Å². The summed E-state index contributed by atoms with van der Waals surface area (Å²) in [7, 11) is 0. The second kappa shape index (κ2) is 9.75. The van der Waals surface area contributed by atoms with Crippen LogP contribution < -0.4 is 21.1 Å². The van der Waals surface area contributed by atoms with Crippen LogP contribution in [0.15, 0.2) is 48.5 Å². The lowest BCUT2D eigenvalue weighted by Crippen LogP contribution is -2.30. The third-order valence-corrected chi connectivity index (χ3v) is 3.67. The fourth-order valence-electron chi connectivity index (χ4n) is 2.40. The molecule has 0 bridgehead atoms. The summed E-state index contributed by atoms with van der Waals surface area (Å²) in [5.74, 6) is -0.991. The first-order valence-electron chi connectivity index (χ1n) is 8.50. The molecule has 0 unspecified atom stereocenters. The summed E-state index contributed by atoms with van der Waals surface area (Å²) in [4.78, 5) is 24.3. The standard InChI is InChI=1S/C19H20F3N3O3/c20-19(21,22)28-14-8-5-13(6-9-14)7-10-17(26)25-16-4-2-1-3-15(16)18(27)24-12-11-23/h1-6,8-9H,7,10-12,23H2,(H,24,27)(H,25,26). The molecule has 2 amide bonds. The molecule has 2 rings (SSSR count). The van der Waals surface area contributed by atoms with Gasteiger partial charge in [-0.25, -0.2) is 0 Å². The monoisotopic (exact) mass is 395 g/mol. The van der Waals surface area contributed by atoms with Gasteiger partial charge in [-0.3, -0.25) is 9.59 Å². The van der Waals surface area contributed by atoms with Crippen molar-refractivity contribution in [2.24, 2.45) is 5.73 Å². The Kier molecular flexibility index (Phi) is 7.39. The molecule has 2 aromatic rings. The summed E-state index contributed by atoms with van der Waals surface area (Å²) >= 11 is 0. The van der Waals surface area contributed by atoms with Gasteiger partial charge in [-0.15, -0.1) is 13.2 Å². The highest BCUT2D eigenvalue weighted by molar-refractivity contribution is 6.03. The molecule has 28 heavy (non-hydrogen) atoms. The smallest absolute Gasteiger partial charge is 0.406 e. The molecule has 0 radical (unpaired) electrons. The number of hydrogen-bond acceptors (Lipinski definition) is 4. The number of para-hydroxylation sites is 1. The molecule has 0 aromatic heterocycles. The van der Waals surface area contributed by atoms with Gasteiger partial charge in [0.1, 0.15) is 5.75 Å². The first-order valence-corrected chi connectivity index (χ1v) is 8.50. The van der Waals surface area contributed by atoms with Crippen LogP contribution in [0.4, 0.5) is 18.9 Å². The van der Waals surface area contributed by atoms with E-state index < -0.39 is 6.36 Å². The topological polar surface area (TPSA) is 93.5 Å². The van der Waals surface area contributed by atoms with Crippen LogP contribution in [0, 0.1) is 0 Å². The van der Waals surface area contributed by atoms with Crippen LogP contribution in [0.1, 0.15) is 22.3 Å². The zero-order chi connectivity index (χ0) is 20.6. The molecule has 0 saturated carbocycles. The van der Waals surface area contributed by atoms with Gasteiger partial charge in [0.2, 0.25) is 5.91 Å². The van der Waals surface area contributed by atoms with Crippen LogP contribution in [0.5, 0.6) is 5.75 Å². The number of amides is 2. The van der Waals surface area contributed by atoms with E-state index in [1.807, 2.05) is 0 Å². The lowest BCUT2D eigenvalue weighted by Gasteiger charge is -2.11. The second-order valence-corrected chi connectivity index (χ2v) is 5.83.